The van der Waals surface area contributed by atoms with Crippen LogP contribution in [0.15, 0.2) is 6.07 Å². The minimum absolute atomic E-state index is 0.381. The van der Waals surface area contributed by atoms with E-state index in [0.717, 1.165) is 49.9 Å². The van der Waals surface area contributed by atoms with Gasteiger partial charge in [0.1, 0.15) is 11.6 Å². The first kappa shape index (κ1) is 12.8. The Kier molecular flexibility index (Phi) is 3.66. The lowest BCUT2D eigenvalue weighted by atomic mass is 10.1. The first-order valence-corrected chi connectivity index (χ1v) is 7.38. The second-order valence-corrected chi connectivity index (χ2v) is 5.34. The SMILES string of the molecule is CCNc1cc(CC)nc(C2CN3CCN2CC3)n1. The third kappa shape index (κ3) is 2.58. The lowest BCUT2D eigenvalue weighted by Crippen LogP contribution is -2.57. The van der Waals surface area contributed by atoms with E-state index in [9.17, 15) is 0 Å². The van der Waals surface area contributed by atoms with Gasteiger partial charge in [0.25, 0.3) is 0 Å². The maximum absolute atomic E-state index is 4.76. The molecule has 5 heteroatoms. The van der Waals surface area contributed by atoms with E-state index >= 15 is 0 Å². The fraction of sp³-hybridized carbons (Fsp3) is 0.714. The maximum Gasteiger partial charge on any atom is 0.149 e. The predicted octanol–water partition coefficient (Wildman–Crippen LogP) is 1.14. The molecule has 104 valence electrons. The summed E-state index contributed by atoms with van der Waals surface area (Å²) in [5, 5.41) is 3.32. The van der Waals surface area contributed by atoms with Crippen LogP contribution in [0, 0.1) is 0 Å². The standard InChI is InChI=1S/C14H23N5/c1-3-11-9-13(15-4-2)17-14(16-11)12-10-18-5-7-19(12)8-6-18/h9,12H,3-8,10H2,1-2H3,(H,15,16,17). The summed E-state index contributed by atoms with van der Waals surface area (Å²) in [6.07, 6.45) is 0.963. The van der Waals surface area contributed by atoms with E-state index in [1.807, 2.05) is 0 Å². The summed E-state index contributed by atoms with van der Waals surface area (Å²) in [5.74, 6) is 1.97. The highest BCUT2D eigenvalue weighted by atomic mass is 15.4. The van der Waals surface area contributed by atoms with Crippen LogP contribution in [0.1, 0.15) is 31.4 Å². The molecule has 3 aliphatic heterocycles. The number of rotatable bonds is 4. The molecule has 3 saturated heterocycles. The van der Waals surface area contributed by atoms with Crippen molar-refractivity contribution in [1.82, 2.24) is 19.8 Å². The maximum atomic E-state index is 4.76. The Morgan fingerprint density at radius 1 is 1.21 bits per heavy atom. The van der Waals surface area contributed by atoms with Crippen LogP contribution < -0.4 is 5.32 Å². The monoisotopic (exact) mass is 261 g/mol. The lowest BCUT2D eigenvalue weighted by Gasteiger charge is -2.46. The molecule has 1 aromatic rings. The molecule has 0 radical (unpaired) electrons. The average molecular weight is 261 g/mol. The molecule has 0 aliphatic carbocycles. The fourth-order valence-corrected chi connectivity index (χ4v) is 2.98. The second kappa shape index (κ2) is 5.43. The van der Waals surface area contributed by atoms with Gasteiger partial charge in [-0.1, -0.05) is 6.92 Å². The number of hydrogen-bond donors (Lipinski definition) is 1. The highest BCUT2D eigenvalue weighted by molar-refractivity contribution is 5.36. The summed E-state index contributed by atoms with van der Waals surface area (Å²) in [7, 11) is 0. The summed E-state index contributed by atoms with van der Waals surface area (Å²) >= 11 is 0. The molecule has 19 heavy (non-hydrogen) atoms. The molecule has 2 bridgehead atoms. The van der Waals surface area contributed by atoms with Gasteiger partial charge >= 0.3 is 0 Å². The molecule has 1 N–H and O–H groups in total. The smallest absolute Gasteiger partial charge is 0.149 e. The molecule has 4 rings (SSSR count). The third-order valence-corrected chi connectivity index (χ3v) is 4.09. The Morgan fingerprint density at radius 3 is 2.58 bits per heavy atom. The number of anilines is 1. The molecular formula is C14H23N5. The highest BCUT2D eigenvalue weighted by Gasteiger charge is 2.34. The van der Waals surface area contributed by atoms with Crippen molar-refractivity contribution in [2.24, 2.45) is 0 Å². The summed E-state index contributed by atoms with van der Waals surface area (Å²) in [6, 6.07) is 2.45. The quantitative estimate of drug-likeness (QED) is 0.880. The number of hydrogen-bond acceptors (Lipinski definition) is 5. The summed E-state index contributed by atoms with van der Waals surface area (Å²) in [4.78, 5) is 14.5. The van der Waals surface area contributed by atoms with Gasteiger partial charge in [-0.05, 0) is 13.3 Å². The van der Waals surface area contributed by atoms with Gasteiger partial charge in [-0.25, -0.2) is 9.97 Å². The topological polar surface area (TPSA) is 44.3 Å². The predicted molar refractivity (Wildman–Crippen MR) is 76.3 cm³/mol. The molecule has 0 spiro atoms. The molecular weight excluding hydrogens is 238 g/mol. The van der Waals surface area contributed by atoms with E-state index in [0.29, 0.717) is 6.04 Å². The van der Waals surface area contributed by atoms with Crippen LogP contribution in [0.3, 0.4) is 0 Å². The Bertz CT molecular complexity index is 439. The van der Waals surface area contributed by atoms with Crippen molar-refractivity contribution in [2.45, 2.75) is 26.3 Å². The molecule has 3 fully saturated rings. The van der Waals surface area contributed by atoms with Crippen LogP contribution in [0.5, 0.6) is 0 Å². The van der Waals surface area contributed by atoms with E-state index in [1.54, 1.807) is 0 Å². The zero-order valence-electron chi connectivity index (χ0n) is 11.9. The summed E-state index contributed by atoms with van der Waals surface area (Å²) in [6.45, 7) is 10.9. The number of nitrogens with zero attached hydrogens (tertiary/aromatic N) is 4. The fourth-order valence-electron chi connectivity index (χ4n) is 2.98. The van der Waals surface area contributed by atoms with Gasteiger partial charge in [0, 0.05) is 51.0 Å². The van der Waals surface area contributed by atoms with Crippen LogP contribution in [0.2, 0.25) is 0 Å². The number of fused-ring (bicyclic) bond motifs is 3. The van der Waals surface area contributed by atoms with Crippen molar-refractivity contribution in [3.63, 3.8) is 0 Å². The Morgan fingerprint density at radius 2 is 2.00 bits per heavy atom. The Balaban J connectivity index is 1.88. The van der Waals surface area contributed by atoms with Crippen LogP contribution in [-0.2, 0) is 6.42 Å². The number of aromatic nitrogens is 2. The zero-order valence-corrected chi connectivity index (χ0v) is 11.9. The molecule has 1 unspecified atom stereocenters. The van der Waals surface area contributed by atoms with Crippen LogP contribution in [-0.4, -0.2) is 59.0 Å². The molecule has 1 atom stereocenters. The Labute approximate surface area is 115 Å². The van der Waals surface area contributed by atoms with Gasteiger partial charge in [-0.3, -0.25) is 9.80 Å². The van der Waals surface area contributed by atoms with Crippen LogP contribution >= 0.6 is 0 Å². The lowest BCUT2D eigenvalue weighted by molar-refractivity contribution is 0.00862. The van der Waals surface area contributed by atoms with Crippen molar-refractivity contribution in [3.8, 4) is 0 Å². The zero-order chi connectivity index (χ0) is 13.2. The second-order valence-electron chi connectivity index (χ2n) is 5.34. The van der Waals surface area contributed by atoms with E-state index in [1.165, 1.54) is 13.1 Å². The van der Waals surface area contributed by atoms with E-state index in [2.05, 4.69) is 35.0 Å². The van der Waals surface area contributed by atoms with Crippen molar-refractivity contribution in [2.75, 3.05) is 44.6 Å². The van der Waals surface area contributed by atoms with Gasteiger partial charge in [0.05, 0.1) is 6.04 Å². The molecule has 3 aliphatic rings. The van der Waals surface area contributed by atoms with Gasteiger partial charge < -0.3 is 5.32 Å². The molecule has 0 amide bonds. The first-order valence-electron chi connectivity index (χ1n) is 7.38. The minimum atomic E-state index is 0.381. The number of piperazine rings is 3. The Hall–Kier alpha value is -1.20. The molecule has 4 heterocycles. The number of nitrogens with one attached hydrogen (secondary N) is 1. The minimum Gasteiger partial charge on any atom is -0.370 e. The molecule has 1 aromatic heterocycles. The van der Waals surface area contributed by atoms with Gasteiger partial charge in [0.15, 0.2) is 0 Å². The third-order valence-electron chi connectivity index (χ3n) is 4.09. The number of aryl methyl sites for hydroxylation is 1. The van der Waals surface area contributed by atoms with E-state index in [4.69, 9.17) is 9.97 Å². The van der Waals surface area contributed by atoms with Crippen molar-refractivity contribution in [1.29, 1.82) is 0 Å². The molecule has 0 aromatic carbocycles. The summed E-state index contributed by atoms with van der Waals surface area (Å²) in [5.41, 5.74) is 1.14. The van der Waals surface area contributed by atoms with Gasteiger partial charge in [0.2, 0.25) is 0 Å². The van der Waals surface area contributed by atoms with E-state index < -0.39 is 0 Å². The highest BCUT2D eigenvalue weighted by Crippen LogP contribution is 2.27. The first-order chi connectivity index (χ1) is 9.30. The van der Waals surface area contributed by atoms with Crippen LogP contribution in [0.4, 0.5) is 5.82 Å². The normalized spacial score (nSPS) is 29.5. The van der Waals surface area contributed by atoms with Crippen molar-refractivity contribution < 1.29 is 0 Å². The van der Waals surface area contributed by atoms with Crippen molar-refractivity contribution in [3.05, 3.63) is 17.6 Å². The van der Waals surface area contributed by atoms with E-state index in [-0.39, 0.29) is 0 Å². The largest absolute Gasteiger partial charge is 0.370 e. The van der Waals surface area contributed by atoms with Crippen LogP contribution in [0.25, 0.3) is 0 Å². The molecule has 5 nitrogen and oxygen atoms in total. The van der Waals surface area contributed by atoms with Crippen molar-refractivity contribution >= 4 is 5.82 Å². The van der Waals surface area contributed by atoms with Gasteiger partial charge in [-0.15, -0.1) is 0 Å². The average Bonchev–Trinajstić information content (AvgIpc) is 2.48. The van der Waals surface area contributed by atoms with Gasteiger partial charge in [-0.2, -0.15) is 0 Å². The molecule has 0 saturated carbocycles. The summed E-state index contributed by atoms with van der Waals surface area (Å²) < 4.78 is 0.